The third-order valence-electron chi connectivity index (χ3n) is 3.40. The molecule has 0 aliphatic carbocycles. The lowest BCUT2D eigenvalue weighted by Crippen LogP contribution is -2.49. The third kappa shape index (κ3) is 6.21. The molecule has 1 saturated heterocycles. The van der Waals surface area contributed by atoms with Crippen molar-refractivity contribution in [2.45, 2.75) is 39.7 Å². The van der Waals surface area contributed by atoms with E-state index in [9.17, 15) is 8.42 Å². The van der Waals surface area contributed by atoms with Crippen LogP contribution in [0, 0.1) is 0 Å². The first kappa shape index (κ1) is 16.9. The van der Waals surface area contributed by atoms with E-state index in [-0.39, 0.29) is 5.75 Å². The maximum absolute atomic E-state index is 12.2. The van der Waals surface area contributed by atoms with Crippen LogP contribution in [0.5, 0.6) is 0 Å². The fraction of sp³-hybridized carbons (Fsp3) is 1.00. The minimum atomic E-state index is -3.05. The molecule has 1 rings (SSSR count). The molecule has 0 aromatic rings. The molecule has 0 amide bonds. The van der Waals surface area contributed by atoms with Crippen LogP contribution in [0.15, 0.2) is 0 Å². The van der Waals surface area contributed by atoms with Crippen LogP contribution in [0.4, 0.5) is 0 Å². The van der Waals surface area contributed by atoms with Gasteiger partial charge in [0, 0.05) is 32.2 Å². The van der Waals surface area contributed by atoms with E-state index in [2.05, 4.69) is 31.0 Å². The van der Waals surface area contributed by atoms with Gasteiger partial charge in [-0.3, -0.25) is 0 Å². The Morgan fingerprint density at radius 1 is 1.16 bits per heavy atom. The van der Waals surface area contributed by atoms with E-state index >= 15 is 0 Å². The summed E-state index contributed by atoms with van der Waals surface area (Å²) in [4.78, 5) is 2.34. The van der Waals surface area contributed by atoms with Crippen LogP contribution in [-0.4, -0.2) is 68.7 Å². The van der Waals surface area contributed by atoms with Crippen molar-refractivity contribution >= 4 is 10.0 Å². The fourth-order valence-corrected chi connectivity index (χ4v) is 3.81. The van der Waals surface area contributed by atoms with Crippen LogP contribution >= 0.6 is 0 Å². The molecule has 1 fully saturated rings. The summed E-state index contributed by atoms with van der Waals surface area (Å²) >= 11 is 0. The summed E-state index contributed by atoms with van der Waals surface area (Å²) in [7, 11) is -3.05. The zero-order valence-corrected chi connectivity index (χ0v) is 13.4. The van der Waals surface area contributed by atoms with Gasteiger partial charge in [-0.05, 0) is 25.9 Å². The smallest absolute Gasteiger partial charge is 0.214 e. The Kier molecular flexibility index (Phi) is 7.28. The zero-order valence-electron chi connectivity index (χ0n) is 12.6. The number of nitrogens with zero attached hydrogens (tertiary/aromatic N) is 2. The van der Waals surface area contributed by atoms with E-state index in [4.69, 9.17) is 0 Å². The summed E-state index contributed by atoms with van der Waals surface area (Å²) in [5, 5.41) is 3.25. The van der Waals surface area contributed by atoms with Crippen LogP contribution in [0.25, 0.3) is 0 Å². The maximum atomic E-state index is 12.2. The molecule has 1 aliphatic heterocycles. The lowest BCUT2D eigenvalue weighted by atomic mass is 10.3. The topological polar surface area (TPSA) is 52.7 Å². The van der Waals surface area contributed by atoms with Crippen LogP contribution < -0.4 is 5.32 Å². The first-order chi connectivity index (χ1) is 8.95. The van der Waals surface area contributed by atoms with Crippen molar-refractivity contribution in [1.29, 1.82) is 0 Å². The van der Waals surface area contributed by atoms with Crippen LogP contribution in [0.2, 0.25) is 0 Å². The minimum absolute atomic E-state index is 0.264. The first-order valence-corrected chi connectivity index (χ1v) is 9.00. The molecule has 114 valence electrons. The SMILES string of the molecule is CCCN1CCN(S(=O)(=O)CCCNC(C)C)CC1. The summed E-state index contributed by atoms with van der Waals surface area (Å²) in [6, 6.07) is 0.417. The van der Waals surface area contributed by atoms with Crippen LogP contribution in [0.1, 0.15) is 33.6 Å². The van der Waals surface area contributed by atoms with Crippen molar-refractivity contribution in [1.82, 2.24) is 14.5 Å². The van der Waals surface area contributed by atoms with Gasteiger partial charge in [-0.1, -0.05) is 20.8 Å². The van der Waals surface area contributed by atoms with Gasteiger partial charge in [-0.15, -0.1) is 0 Å². The normalized spacial score (nSPS) is 19.2. The van der Waals surface area contributed by atoms with Crippen molar-refractivity contribution in [3.8, 4) is 0 Å². The highest BCUT2D eigenvalue weighted by Gasteiger charge is 2.25. The number of hydrogen-bond donors (Lipinski definition) is 1. The van der Waals surface area contributed by atoms with Gasteiger partial charge in [0.25, 0.3) is 0 Å². The van der Waals surface area contributed by atoms with E-state index in [1.807, 2.05) is 0 Å². The van der Waals surface area contributed by atoms with Gasteiger partial charge in [0.15, 0.2) is 0 Å². The number of piperazine rings is 1. The van der Waals surface area contributed by atoms with E-state index in [1.54, 1.807) is 4.31 Å². The van der Waals surface area contributed by atoms with Crippen molar-refractivity contribution in [3.05, 3.63) is 0 Å². The van der Waals surface area contributed by atoms with E-state index in [1.165, 1.54) is 0 Å². The lowest BCUT2D eigenvalue weighted by molar-refractivity contribution is 0.188. The molecular weight excluding hydrogens is 262 g/mol. The fourth-order valence-electron chi connectivity index (χ4n) is 2.32. The molecular formula is C13H29N3O2S. The molecule has 1 heterocycles. The highest BCUT2D eigenvalue weighted by Crippen LogP contribution is 2.09. The standard InChI is InChI=1S/C13H29N3O2S/c1-4-7-15-8-10-16(11-9-15)19(17,18)12-5-6-14-13(2)3/h13-14H,4-12H2,1-3H3. The predicted octanol–water partition coefficient (Wildman–Crippen LogP) is 0.732. The number of hydrogen-bond acceptors (Lipinski definition) is 4. The monoisotopic (exact) mass is 291 g/mol. The Labute approximate surface area is 118 Å². The van der Waals surface area contributed by atoms with Gasteiger partial charge in [-0.2, -0.15) is 4.31 Å². The Morgan fingerprint density at radius 2 is 1.79 bits per heavy atom. The molecule has 0 bridgehead atoms. The molecule has 6 heteroatoms. The molecule has 0 atom stereocenters. The molecule has 19 heavy (non-hydrogen) atoms. The van der Waals surface area contributed by atoms with Crippen molar-refractivity contribution in [2.24, 2.45) is 0 Å². The van der Waals surface area contributed by atoms with Crippen LogP contribution in [0.3, 0.4) is 0 Å². The molecule has 1 N–H and O–H groups in total. The zero-order chi connectivity index (χ0) is 14.3. The second-order valence-electron chi connectivity index (χ2n) is 5.52. The molecule has 0 saturated carbocycles. The van der Waals surface area contributed by atoms with Gasteiger partial charge >= 0.3 is 0 Å². The Bertz CT molecular complexity index is 336. The van der Waals surface area contributed by atoms with Crippen molar-refractivity contribution in [2.75, 3.05) is 45.0 Å². The van der Waals surface area contributed by atoms with Crippen molar-refractivity contribution in [3.63, 3.8) is 0 Å². The first-order valence-electron chi connectivity index (χ1n) is 7.39. The largest absolute Gasteiger partial charge is 0.314 e. The predicted molar refractivity (Wildman–Crippen MR) is 79.8 cm³/mol. The molecule has 0 radical (unpaired) electrons. The summed E-state index contributed by atoms with van der Waals surface area (Å²) in [6.45, 7) is 11.2. The molecule has 0 unspecified atom stereocenters. The van der Waals surface area contributed by atoms with Crippen molar-refractivity contribution < 1.29 is 8.42 Å². The summed E-state index contributed by atoms with van der Waals surface area (Å²) in [5.41, 5.74) is 0. The Balaban J connectivity index is 2.30. The van der Waals surface area contributed by atoms with Gasteiger partial charge < -0.3 is 10.2 Å². The number of nitrogens with one attached hydrogen (secondary N) is 1. The highest BCUT2D eigenvalue weighted by atomic mass is 32.2. The average molecular weight is 291 g/mol. The Morgan fingerprint density at radius 3 is 2.32 bits per heavy atom. The van der Waals surface area contributed by atoms with E-state index in [0.717, 1.165) is 32.6 Å². The minimum Gasteiger partial charge on any atom is -0.314 e. The summed E-state index contributed by atoms with van der Waals surface area (Å²) in [5.74, 6) is 0.264. The average Bonchev–Trinajstić information content (AvgIpc) is 2.36. The second kappa shape index (κ2) is 8.19. The van der Waals surface area contributed by atoms with E-state index < -0.39 is 10.0 Å². The third-order valence-corrected chi connectivity index (χ3v) is 5.35. The molecule has 5 nitrogen and oxygen atoms in total. The lowest BCUT2D eigenvalue weighted by Gasteiger charge is -2.33. The molecule has 0 aromatic heterocycles. The maximum Gasteiger partial charge on any atom is 0.214 e. The number of sulfonamides is 1. The summed E-state index contributed by atoms with van der Waals surface area (Å²) in [6.07, 6.45) is 1.82. The second-order valence-corrected chi connectivity index (χ2v) is 7.61. The van der Waals surface area contributed by atoms with Gasteiger partial charge in [0.1, 0.15) is 0 Å². The molecule has 0 aromatic carbocycles. The van der Waals surface area contributed by atoms with Gasteiger partial charge in [0.05, 0.1) is 5.75 Å². The quantitative estimate of drug-likeness (QED) is 0.670. The van der Waals surface area contributed by atoms with Gasteiger partial charge in [0.2, 0.25) is 10.0 Å². The molecule has 0 spiro atoms. The summed E-state index contributed by atoms with van der Waals surface area (Å²) < 4.78 is 26.0. The highest BCUT2D eigenvalue weighted by molar-refractivity contribution is 7.89. The van der Waals surface area contributed by atoms with Gasteiger partial charge in [-0.25, -0.2) is 8.42 Å². The van der Waals surface area contributed by atoms with Crippen LogP contribution in [-0.2, 0) is 10.0 Å². The van der Waals surface area contributed by atoms with E-state index in [0.29, 0.717) is 25.6 Å². The number of rotatable bonds is 8. The Hall–Kier alpha value is -0.170. The molecule has 1 aliphatic rings.